The first-order valence-electron chi connectivity index (χ1n) is 6.50. The second-order valence-corrected chi connectivity index (χ2v) is 5.63. The monoisotopic (exact) mass is 332 g/mol. The molecule has 0 radical (unpaired) electrons. The van der Waals surface area contributed by atoms with Crippen LogP contribution in [0.2, 0.25) is 0 Å². The van der Waals surface area contributed by atoms with Gasteiger partial charge in [0, 0.05) is 5.75 Å². The lowest BCUT2D eigenvalue weighted by Gasteiger charge is -2.14. The van der Waals surface area contributed by atoms with E-state index in [1.54, 1.807) is 30.3 Å². The third-order valence-electron chi connectivity index (χ3n) is 2.84. The average molecular weight is 332 g/mol. The highest BCUT2D eigenvalue weighted by Crippen LogP contribution is 2.30. The molecule has 0 saturated carbocycles. The molecule has 1 atom stereocenters. The molecule has 1 aromatic heterocycles. The average Bonchev–Trinajstić information content (AvgIpc) is 2.86. The van der Waals surface area contributed by atoms with Gasteiger partial charge >= 0.3 is 6.18 Å². The Morgan fingerprint density at radius 1 is 1.23 bits per heavy atom. The standard InChI is InChI=1S/C14H15F3N2O2S/c15-14(16,17)9-19-12(10-4-2-1-3-5-10)6-18-13(19)22-8-11(21)7-20/h1-6,11,20-21H,7-9H2/t11-/m1/s1. The molecule has 22 heavy (non-hydrogen) atoms. The van der Waals surface area contributed by atoms with Gasteiger partial charge in [-0.1, -0.05) is 42.1 Å². The van der Waals surface area contributed by atoms with Crippen LogP contribution in [0.25, 0.3) is 11.3 Å². The summed E-state index contributed by atoms with van der Waals surface area (Å²) < 4.78 is 39.5. The molecule has 0 unspecified atom stereocenters. The van der Waals surface area contributed by atoms with Crippen molar-refractivity contribution in [3.63, 3.8) is 0 Å². The third kappa shape index (κ3) is 4.49. The maximum atomic E-state index is 12.8. The number of aromatic nitrogens is 2. The summed E-state index contributed by atoms with van der Waals surface area (Å²) in [6, 6.07) is 8.67. The highest BCUT2D eigenvalue weighted by atomic mass is 32.2. The maximum Gasteiger partial charge on any atom is 0.406 e. The molecule has 2 aromatic rings. The number of aliphatic hydroxyl groups excluding tert-OH is 2. The summed E-state index contributed by atoms with van der Waals surface area (Å²) in [4.78, 5) is 4.02. The quantitative estimate of drug-likeness (QED) is 0.798. The van der Waals surface area contributed by atoms with E-state index in [9.17, 15) is 18.3 Å². The molecule has 2 rings (SSSR count). The molecule has 0 aliphatic rings. The summed E-state index contributed by atoms with van der Waals surface area (Å²) in [5, 5.41) is 18.3. The lowest BCUT2D eigenvalue weighted by atomic mass is 10.2. The lowest BCUT2D eigenvalue weighted by Crippen LogP contribution is -2.20. The molecule has 1 aromatic carbocycles. The van der Waals surface area contributed by atoms with Gasteiger partial charge in [0.2, 0.25) is 0 Å². The number of imidazole rings is 1. The summed E-state index contributed by atoms with van der Waals surface area (Å²) in [6.45, 7) is -1.60. The van der Waals surface area contributed by atoms with Crippen LogP contribution in [0.3, 0.4) is 0 Å². The van der Waals surface area contributed by atoms with Crippen LogP contribution in [0, 0.1) is 0 Å². The van der Waals surface area contributed by atoms with E-state index in [0.29, 0.717) is 11.3 Å². The summed E-state index contributed by atoms with van der Waals surface area (Å²) in [7, 11) is 0. The van der Waals surface area contributed by atoms with Crippen LogP contribution >= 0.6 is 11.8 Å². The molecule has 0 amide bonds. The van der Waals surface area contributed by atoms with Crippen molar-refractivity contribution in [3.8, 4) is 11.3 Å². The number of benzene rings is 1. The van der Waals surface area contributed by atoms with E-state index in [0.717, 1.165) is 16.3 Å². The summed E-state index contributed by atoms with van der Waals surface area (Å²) >= 11 is 0.978. The molecule has 1 heterocycles. The number of hydrogen-bond acceptors (Lipinski definition) is 4. The molecule has 0 spiro atoms. The Bertz CT molecular complexity index is 602. The first kappa shape index (κ1) is 16.9. The molecule has 0 saturated heterocycles. The van der Waals surface area contributed by atoms with E-state index in [1.165, 1.54) is 6.20 Å². The van der Waals surface area contributed by atoms with Crippen LogP contribution in [0.4, 0.5) is 13.2 Å². The third-order valence-corrected chi connectivity index (χ3v) is 3.98. The Labute approximate surface area is 129 Å². The van der Waals surface area contributed by atoms with Crippen molar-refractivity contribution >= 4 is 11.8 Å². The highest BCUT2D eigenvalue weighted by Gasteiger charge is 2.30. The molecule has 4 nitrogen and oxygen atoms in total. The van der Waals surface area contributed by atoms with E-state index in [-0.39, 0.29) is 10.9 Å². The van der Waals surface area contributed by atoms with Crippen molar-refractivity contribution in [3.05, 3.63) is 36.5 Å². The van der Waals surface area contributed by atoms with Crippen molar-refractivity contribution in [2.24, 2.45) is 0 Å². The lowest BCUT2D eigenvalue weighted by molar-refractivity contribution is -0.141. The highest BCUT2D eigenvalue weighted by molar-refractivity contribution is 7.99. The Morgan fingerprint density at radius 3 is 2.50 bits per heavy atom. The van der Waals surface area contributed by atoms with Crippen molar-refractivity contribution in [2.45, 2.75) is 24.0 Å². The summed E-state index contributed by atoms with van der Waals surface area (Å²) in [6.07, 6.45) is -4.00. The van der Waals surface area contributed by atoms with Crippen molar-refractivity contribution in [1.29, 1.82) is 0 Å². The zero-order chi connectivity index (χ0) is 16.2. The Hall–Kier alpha value is -1.51. The SMILES string of the molecule is OC[C@@H](O)CSc1ncc(-c2ccccc2)n1CC(F)(F)F. The predicted molar refractivity (Wildman–Crippen MR) is 77.5 cm³/mol. The topological polar surface area (TPSA) is 58.3 Å². The van der Waals surface area contributed by atoms with E-state index < -0.39 is 25.4 Å². The van der Waals surface area contributed by atoms with Crippen molar-refractivity contribution in [1.82, 2.24) is 9.55 Å². The van der Waals surface area contributed by atoms with E-state index >= 15 is 0 Å². The van der Waals surface area contributed by atoms with Gasteiger partial charge in [-0.3, -0.25) is 0 Å². The summed E-state index contributed by atoms with van der Waals surface area (Å²) in [5.74, 6) is 0.0690. The fourth-order valence-corrected chi connectivity index (χ4v) is 2.76. The van der Waals surface area contributed by atoms with Crippen LogP contribution < -0.4 is 0 Å². The van der Waals surface area contributed by atoms with Gasteiger partial charge in [-0.05, 0) is 5.56 Å². The van der Waals surface area contributed by atoms with Crippen LogP contribution in [0.15, 0.2) is 41.7 Å². The minimum absolute atomic E-state index is 0.0690. The number of halogens is 3. The van der Waals surface area contributed by atoms with Gasteiger partial charge < -0.3 is 14.8 Å². The molecular formula is C14H15F3N2O2S. The molecule has 0 fully saturated rings. The summed E-state index contributed by atoms with van der Waals surface area (Å²) in [5.41, 5.74) is 0.993. The Morgan fingerprint density at radius 2 is 1.91 bits per heavy atom. The van der Waals surface area contributed by atoms with Crippen molar-refractivity contribution in [2.75, 3.05) is 12.4 Å². The Balaban J connectivity index is 2.32. The van der Waals surface area contributed by atoms with Gasteiger partial charge in [-0.15, -0.1) is 0 Å². The fraction of sp³-hybridized carbons (Fsp3) is 0.357. The van der Waals surface area contributed by atoms with Gasteiger partial charge in [0.25, 0.3) is 0 Å². The van der Waals surface area contributed by atoms with Crippen molar-refractivity contribution < 1.29 is 23.4 Å². The predicted octanol–water partition coefficient (Wildman–Crippen LogP) is 2.56. The van der Waals surface area contributed by atoms with Crippen LogP contribution in [0.5, 0.6) is 0 Å². The maximum absolute atomic E-state index is 12.8. The minimum Gasteiger partial charge on any atom is -0.394 e. The minimum atomic E-state index is -4.38. The number of alkyl halides is 3. The zero-order valence-corrected chi connectivity index (χ0v) is 12.3. The number of aliphatic hydroxyl groups is 2. The van der Waals surface area contributed by atoms with Crippen LogP contribution in [-0.2, 0) is 6.54 Å². The van der Waals surface area contributed by atoms with Gasteiger partial charge in [-0.2, -0.15) is 13.2 Å². The van der Waals surface area contributed by atoms with Crippen LogP contribution in [0.1, 0.15) is 0 Å². The number of hydrogen-bond donors (Lipinski definition) is 2. The zero-order valence-electron chi connectivity index (χ0n) is 11.5. The molecule has 0 bridgehead atoms. The number of rotatable bonds is 6. The fourth-order valence-electron chi connectivity index (χ4n) is 1.87. The molecule has 0 aliphatic heterocycles. The van der Waals surface area contributed by atoms with E-state index in [2.05, 4.69) is 4.98 Å². The smallest absolute Gasteiger partial charge is 0.394 e. The van der Waals surface area contributed by atoms with Gasteiger partial charge in [-0.25, -0.2) is 4.98 Å². The molecule has 0 aliphatic carbocycles. The van der Waals surface area contributed by atoms with Gasteiger partial charge in [0.1, 0.15) is 6.54 Å². The van der Waals surface area contributed by atoms with Gasteiger partial charge in [0.05, 0.1) is 24.6 Å². The van der Waals surface area contributed by atoms with E-state index in [1.807, 2.05) is 0 Å². The van der Waals surface area contributed by atoms with Gasteiger partial charge in [0.15, 0.2) is 5.16 Å². The first-order valence-corrected chi connectivity index (χ1v) is 7.48. The van der Waals surface area contributed by atoms with Crippen LogP contribution in [-0.4, -0.2) is 44.4 Å². The molecule has 2 N–H and O–H groups in total. The normalized spacial score (nSPS) is 13.3. The first-order chi connectivity index (χ1) is 10.4. The number of thioether (sulfide) groups is 1. The van der Waals surface area contributed by atoms with E-state index in [4.69, 9.17) is 5.11 Å². The molecular weight excluding hydrogens is 317 g/mol. The Kier molecular flexibility index (Phi) is 5.49. The molecule has 8 heteroatoms. The second-order valence-electron chi connectivity index (χ2n) is 4.64. The second kappa shape index (κ2) is 7.17. The molecule has 120 valence electrons. The largest absolute Gasteiger partial charge is 0.406 e. The number of nitrogens with zero attached hydrogens (tertiary/aromatic N) is 2.